The molecule has 4 rings (SSSR count). The van der Waals surface area contributed by atoms with Crippen molar-refractivity contribution in [3.63, 3.8) is 0 Å². The predicted octanol–water partition coefficient (Wildman–Crippen LogP) is 3.20. The fourth-order valence-electron chi connectivity index (χ4n) is 5.46. The average Bonchev–Trinajstić information content (AvgIpc) is 3.05. The molecule has 0 aromatic carbocycles. The molecule has 198 valence electrons. The second kappa shape index (κ2) is 12.0. The van der Waals surface area contributed by atoms with Crippen molar-refractivity contribution < 1.29 is 9.90 Å². The second-order valence-electron chi connectivity index (χ2n) is 9.98. The number of aromatic nitrogens is 2. The quantitative estimate of drug-likeness (QED) is 0.351. The number of rotatable bonds is 8. The molecule has 37 heavy (non-hydrogen) atoms. The molecule has 2 aromatic heterocycles. The number of allylic oxidation sites excluding steroid dienone is 2. The number of hydrogen-bond acceptors (Lipinski definition) is 10. The van der Waals surface area contributed by atoms with Gasteiger partial charge in [0, 0.05) is 54.4 Å². The van der Waals surface area contributed by atoms with Crippen LogP contribution in [0.1, 0.15) is 78.4 Å². The third-order valence-electron chi connectivity index (χ3n) is 7.17. The lowest BCUT2D eigenvalue weighted by molar-refractivity contribution is 0.102. The van der Waals surface area contributed by atoms with Crippen molar-refractivity contribution in [1.29, 1.82) is 5.26 Å². The van der Waals surface area contributed by atoms with Crippen LogP contribution in [0.25, 0.3) is 0 Å². The summed E-state index contributed by atoms with van der Waals surface area (Å²) in [6.45, 7) is 7.69. The van der Waals surface area contributed by atoms with E-state index in [2.05, 4.69) is 25.8 Å². The van der Waals surface area contributed by atoms with Crippen molar-refractivity contribution in [2.45, 2.75) is 64.4 Å². The van der Waals surface area contributed by atoms with E-state index in [0.717, 1.165) is 68.7 Å². The topological polar surface area (TPSA) is 145 Å². The van der Waals surface area contributed by atoms with Gasteiger partial charge in [0.05, 0.1) is 11.7 Å². The molecule has 9 nitrogen and oxygen atoms in total. The maximum atomic E-state index is 13.8. The number of carbonyl (C=O) groups is 1. The van der Waals surface area contributed by atoms with Gasteiger partial charge in [-0.1, -0.05) is 13.3 Å². The summed E-state index contributed by atoms with van der Waals surface area (Å²) < 4.78 is 0. The molecule has 0 amide bonds. The summed E-state index contributed by atoms with van der Waals surface area (Å²) in [5.74, 6) is 0.170. The third-order valence-corrected chi connectivity index (χ3v) is 8.27. The molecule has 0 bridgehead atoms. The molecular formula is C27H37N7O2S. The minimum Gasteiger partial charge on any atom is -0.401 e. The fraction of sp³-hybridized carbons (Fsp3) is 0.556. The van der Waals surface area contributed by atoms with Gasteiger partial charge in [-0.2, -0.15) is 5.26 Å². The first-order valence-corrected chi connectivity index (χ1v) is 14.0. The summed E-state index contributed by atoms with van der Waals surface area (Å²) in [4.78, 5) is 28.4. The number of nitrogens with zero attached hydrogens (tertiary/aromatic N) is 5. The molecule has 0 radical (unpaired) electrons. The Morgan fingerprint density at radius 1 is 1.32 bits per heavy atom. The van der Waals surface area contributed by atoms with Crippen LogP contribution in [0.4, 0.5) is 10.9 Å². The normalized spacial score (nSPS) is 19.9. The van der Waals surface area contributed by atoms with Gasteiger partial charge in [-0.15, -0.1) is 11.3 Å². The highest BCUT2D eigenvalue weighted by Gasteiger charge is 2.32. The zero-order valence-corrected chi connectivity index (χ0v) is 22.6. The van der Waals surface area contributed by atoms with Crippen LogP contribution < -0.4 is 16.4 Å². The minimum absolute atomic E-state index is 0.178. The van der Waals surface area contributed by atoms with Crippen LogP contribution in [-0.4, -0.2) is 64.6 Å². The van der Waals surface area contributed by atoms with Gasteiger partial charge >= 0.3 is 0 Å². The Morgan fingerprint density at radius 3 is 2.86 bits per heavy atom. The van der Waals surface area contributed by atoms with Gasteiger partial charge in [0.15, 0.2) is 0 Å². The molecule has 1 aliphatic carbocycles. The number of aryl methyl sites for hydroxylation is 1. The summed E-state index contributed by atoms with van der Waals surface area (Å²) >= 11 is 1.46. The zero-order chi connectivity index (χ0) is 26.5. The Bertz CT molecular complexity index is 1200. The SMILES string of the molecule is CCC/C(C(=O)c1ccnc(N2CCCN(C[C@@H](C)O)CC2)n1)=C(/N)[C@H]1CCCc2sc(N)c(C#N)c21. The van der Waals surface area contributed by atoms with Crippen LogP contribution in [0.2, 0.25) is 0 Å². The Morgan fingerprint density at radius 2 is 2.14 bits per heavy atom. The fourth-order valence-corrected chi connectivity index (χ4v) is 6.58. The van der Waals surface area contributed by atoms with Gasteiger partial charge in [-0.3, -0.25) is 9.69 Å². The van der Waals surface area contributed by atoms with Crippen LogP contribution in [0, 0.1) is 11.3 Å². The molecule has 10 heteroatoms. The summed E-state index contributed by atoms with van der Waals surface area (Å²) in [5, 5.41) is 20.0. The average molecular weight is 524 g/mol. The van der Waals surface area contributed by atoms with Crippen molar-refractivity contribution in [2.24, 2.45) is 5.73 Å². The highest BCUT2D eigenvalue weighted by atomic mass is 32.1. The minimum atomic E-state index is -0.368. The first-order valence-electron chi connectivity index (χ1n) is 13.2. The molecule has 2 aliphatic rings. The van der Waals surface area contributed by atoms with E-state index in [0.29, 0.717) is 46.4 Å². The van der Waals surface area contributed by atoms with Crippen LogP contribution in [0.5, 0.6) is 0 Å². The monoisotopic (exact) mass is 523 g/mol. The third kappa shape index (κ3) is 5.95. The van der Waals surface area contributed by atoms with Crippen molar-refractivity contribution in [3.8, 4) is 6.07 Å². The standard InChI is InChI=1S/C27H37N7O2S/c1-3-6-19(24(29)18-7-4-8-22-23(18)20(15-28)26(30)37-22)25(36)21-9-10-31-27(32-21)34-12-5-11-33(13-14-34)16-17(2)35/h9-10,17-18,35H,3-8,11-14,16,29-30H2,1-2H3/b24-19-/t17-,18+/m1/s1. The van der Waals surface area contributed by atoms with Crippen LogP contribution >= 0.6 is 11.3 Å². The Hall–Kier alpha value is -3.00. The van der Waals surface area contributed by atoms with E-state index in [4.69, 9.17) is 11.5 Å². The molecule has 3 heterocycles. The molecular weight excluding hydrogens is 486 g/mol. The number of aliphatic hydroxyl groups excluding tert-OH is 1. The van der Waals surface area contributed by atoms with E-state index in [1.54, 1.807) is 19.2 Å². The first kappa shape index (κ1) is 27.0. The molecule has 1 saturated heterocycles. The second-order valence-corrected chi connectivity index (χ2v) is 11.1. The van der Waals surface area contributed by atoms with Crippen LogP contribution in [0.15, 0.2) is 23.5 Å². The lowest BCUT2D eigenvalue weighted by Crippen LogP contribution is -2.35. The number of ketones is 1. The van der Waals surface area contributed by atoms with E-state index < -0.39 is 0 Å². The van der Waals surface area contributed by atoms with Gasteiger partial charge in [0.2, 0.25) is 11.7 Å². The number of carbonyl (C=O) groups excluding carboxylic acids is 1. The van der Waals surface area contributed by atoms with Gasteiger partial charge in [-0.25, -0.2) is 9.97 Å². The molecule has 1 aliphatic heterocycles. The number of nitrogens with two attached hydrogens (primary N) is 2. The number of hydrogen-bond donors (Lipinski definition) is 3. The summed E-state index contributed by atoms with van der Waals surface area (Å²) in [5.41, 5.74) is 15.7. The highest BCUT2D eigenvalue weighted by molar-refractivity contribution is 7.16. The Balaban J connectivity index is 1.62. The van der Waals surface area contributed by atoms with Crippen molar-refractivity contribution in [2.75, 3.05) is 43.4 Å². The predicted molar refractivity (Wildman–Crippen MR) is 147 cm³/mol. The highest BCUT2D eigenvalue weighted by Crippen LogP contribution is 2.45. The van der Waals surface area contributed by atoms with E-state index >= 15 is 0 Å². The van der Waals surface area contributed by atoms with E-state index in [1.807, 2.05) is 6.92 Å². The molecule has 0 saturated carbocycles. The lowest BCUT2D eigenvalue weighted by atomic mass is 9.80. The smallest absolute Gasteiger partial charge is 0.226 e. The molecule has 0 unspecified atom stereocenters. The summed E-state index contributed by atoms with van der Waals surface area (Å²) in [7, 11) is 0. The van der Waals surface area contributed by atoms with E-state index in [-0.39, 0.29) is 17.8 Å². The lowest BCUT2D eigenvalue weighted by Gasteiger charge is -2.26. The van der Waals surface area contributed by atoms with Gasteiger partial charge in [-0.05, 0) is 57.2 Å². The van der Waals surface area contributed by atoms with Crippen LogP contribution in [0.3, 0.4) is 0 Å². The number of nitriles is 1. The van der Waals surface area contributed by atoms with Crippen molar-refractivity contribution in [1.82, 2.24) is 14.9 Å². The molecule has 5 N–H and O–H groups in total. The molecule has 2 aromatic rings. The Labute approximate surface area is 222 Å². The molecule has 0 spiro atoms. The number of fused-ring (bicyclic) bond motifs is 1. The summed E-state index contributed by atoms with van der Waals surface area (Å²) in [6.07, 6.45) is 6.11. The largest absolute Gasteiger partial charge is 0.401 e. The van der Waals surface area contributed by atoms with E-state index in [1.165, 1.54) is 11.3 Å². The maximum absolute atomic E-state index is 13.8. The van der Waals surface area contributed by atoms with Crippen molar-refractivity contribution in [3.05, 3.63) is 45.2 Å². The number of β-amino-alcohol motifs (C(OH)–C–C–N with tert-alkyl or cyclic N) is 1. The van der Waals surface area contributed by atoms with Gasteiger partial charge in [0.1, 0.15) is 16.8 Å². The number of Topliss-reactive ketones (excluding diaryl/α,β-unsaturated/α-hetero) is 1. The number of aliphatic hydroxyl groups is 1. The zero-order valence-electron chi connectivity index (χ0n) is 21.7. The number of anilines is 2. The first-order chi connectivity index (χ1) is 17.8. The maximum Gasteiger partial charge on any atom is 0.226 e. The van der Waals surface area contributed by atoms with Gasteiger partial charge in [0.25, 0.3) is 0 Å². The van der Waals surface area contributed by atoms with Crippen LogP contribution in [-0.2, 0) is 6.42 Å². The number of thiophene rings is 1. The Kier molecular flexibility index (Phi) is 8.79. The molecule has 2 atom stereocenters. The van der Waals surface area contributed by atoms with Crippen molar-refractivity contribution >= 4 is 28.1 Å². The van der Waals surface area contributed by atoms with E-state index in [9.17, 15) is 15.2 Å². The molecule has 1 fully saturated rings. The van der Waals surface area contributed by atoms with Gasteiger partial charge < -0.3 is 21.5 Å². The number of nitrogen functional groups attached to an aromatic ring is 1. The summed E-state index contributed by atoms with van der Waals surface area (Å²) in [6, 6.07) is 3.92.